The van der Waals surface area contributed by atoms with Gasteiger partial charge in [0.1, 0.15) is 0 Å². The van der Waals surface area contributed by atoms with E-state index >= 15 is 0 Å². The summed E-state index contributed by atoms with van der Waals surface area (Å²) in [6, 6.07) is 13.7. The number of carbonyl (C=O) groups is 1. The van der Waals surface area contributed by atoms with Crippen molar-refractivity contribution in [2.45, 2.75) is 12.8 Å². The van der Waals surface area contributed by atoms with Crippen LogP contribution in [0.4, 0.5) is 0 Å². The first-order valence-corrected chi connectivity index (χ1v) is 7.38. The van der Waals surface area contributed by atoms with Crippen LogP contribution in [0.3, 0.4) is 0 Å². The van der Waals surface area contributed by atoms with Gasteiger partial charge in [-0.15, -0.1) is 0 Å². The summed E-state index contributed by atoms with van der Waals surface area (Å²) in [4.78, 5) is 12.5. The third-order valence-electron chi connectivity index (χ3n) is 3.62. The minimum Gasteiger partial charge on any atom is -0.294 e. The van der Waals surface area contributed by atoms with Crippen LogP contribution in [0, 0.1) is 5.92 Å². The third kappa shape index (κ3) is 2.47. The van der Waals surface area contributed by atoms with Gasteiger partial charge in [0.05, 0.1) is 5.02 Å². The zero-order valence-corrected chi connectivity index (χ0v) is 12.5. The van der Waals surface area contributed by atoms with Crippen LogP contribution < -0.4 is 0 Å². The van der Waals surface area contributed by atoms with E-state index in [1.54, 1.807) is 12.1 Å². The highest BCUT2D eigenvalue weighted by Crippen LogP contribution is 2.31. The van der Waals surface area contributed by atoms with E-state index in [1.807, 2.05) is 18.2 Å². The average Bonchev–Trinajstić information content (AvgIpc) is 2.81. The molecule has 19 heavy (non-hydrogen) atoms. The average molecular weight is 336 g/mol. The Labute approximate surface area is 125 Å². The molecule has 3 rings (SSSR count). The fourth-order valence-electron chi connectivity index (χ4n) is 2.65. The number of fused-ring (bicyclic) bond motifs is 1. The molecule has 0 radical (unpaired) electrons. The second-order valence-electron chi connectivity index (χ2n) is 4.86. The summed E-state index contributed by atoms with van der Waals surface area (Å²) in [6.07, 6.45) is 1.64. The number of ketones is 1. The van der Waals surface area contributed by atoms with E-state index in [0.29, 0.717) is 10.6 Å². The van der Waals surface area contributed by atoms with E-state index in [-0.39, 0.29) is 11.7 Å². The molecule has 0 heterocycles. The first kappa shape index (κ1) is 12.9. The van der Waals surface area contributed by atoms with Crippen LogP contribution in [0.1, 0.15) is 21.5 Å². The number of benzene rings is 2. The van der Waals surface area contributed by atoms with Crippen molar-refractivity contribution in [3.63, 3.8) is 0 Å². The van der Waals surface area contributed by atoms with Crippen LogP contribution in [0.2, 0.25) is 5.02 Å². The smallest absolute Gasteiger partial charge is 0.168 e. The van der Waals surface area contributed by atoms with Gasteiger partial charge in [0.2, 0.25) is 0 Å². The van der Waals surface area contributed by atoms with Crippen molar-refractivity contribution < 1.29 is 4.79 Å². The normalized spacial score (nSPS) is 14.4. The van der Waals surface area contributed by atoms with Gasteiger partial charge in [0.25, 0.3) is 0 Å². The van der Waals surface area contributed by atoms with E-state index in [0.717, 1.165) is 17.3 Å². The van der Waals surface area contributed by atoms with Crippen LogP contribution in [0.25, 0.3) is 0 Å². The Balaban J connectivity index is 1.87. The van der Waals surface area contributed by atoms with Crippen LogP contribution in [-0.2, 0) is 12.8 Å². The molecule has 0 aliphatic heterocycles. The van der Waals surface area contributed by atoms with Crippen LogP contribution >= 0.6 is 27.5 Å². The van der Waals surface area contributed by atoms with Crippen molar-refractivity contribution in [3.05, 3.63) is 68.7 Å². The summed E-state index contributed by atoms with van der Waals surface area (Å²) in [5.41, 5.74) is 3.20. The van der Waals surface area contributed by atoms with Gasteiger partial charge in [-0.05, 0) is 42.2 Å². The minimum absolute atomic E-state index is 0.0241. The molecule has 0 spiro atoms. The Morgan fingerprint density at radius 3 is 2.32 bits per heavy atom. The molecule has 2 aromatic carbocycles. The Bertz CT molecular complexity index is 626. The van der Waals surface area contributed by atoms with E-state index in [2.05, 4.69) is 28.1 Å². The topological polar surface area (TPSA) is 17.1 Å². The van der Waals surface area contributed by atoms with Crippen molar-refractivity contribution in [3.8, 4) is 0 Å². The largest absolute Gasteiger partial charge is 0.294 e. The van der Waals surface area contributed by atoms with Gasteiger partial charge in [-0.25, -0.2) is 0 Å². The second kappa shape index (κ2) is 5.10. The molecule has 0 saturated heterocycles. The number of hydrogen-bond acceptors (Lipinski definition) is 1. The molecule has 0 fully saturated rings. The van der Waals surface area contributed by atoms with Crippen LogP contribution in [0.15, 0.2) is 46.9 Å². The maximum atomic E-state index is 12.5. The summed E-state index contributed by atoms with van der Waals surface area (Å²) < 4.78 is 0.892. The molecule has 96 valence electrons. The van der Waals surface area contributed by atoms with Crippen molar-refractivity contribution >= 4 is 33.3 Å². The number of hydrogen-bond donors (Lipinski definition) is 0. The Morgan fingerprint density at radius 2 is 1.74 bits per heavy atom. The molecular formula is C16H12BrClO. The zero-order valence-electron chi connectivity index (χ0n) is 10.2. The molecule has 0 unspecified atom stereocenters. The van der Waals surface area contributed by atoms with E-state index in [9.17, 15) is 4.79 Å². The molecule has 0 saturated carbocycles. The van der Waals surface area contributed by atoms with Gasteiger partial charge in [-0.1, -0.05) is 51.8 Å². The van der Waals surface area contributed by atoms with Gasteiger partial charge in [-0.3, -0.25) is 4.79 Å². The van der Waals surface area contributed by atoms with Gasteiger partial charge in [0, 0.05) is 16.0 Å². The molecule has 1 aliphatic rings. The van der Waals surface area contributed by atoms with E-state index in [1.165, 1.54) is 11.1 Å². The molecule has 0 N–H and O–H groups in total. The standard InChI is InChI=1S/C16H12BrClO/c17-13-5-6-14(15(18)9-13)16(19)12-7-10-3-1-2-4-11(10)8-12/h1-6,9,12H,7-8H2. The molecule has 1 aliphatic carbocycles. The predicted molar refractivity (Wildman–Crippen MR) is 80.8 cm³/mol. The molecule has 0 atom stereocenters. The minimum atomic E-state index is 0.0241. The lowest BCUT2D eigenvalue weighted by molar-refractivity contribution is 0.0925. The molecule has 1 nitrogen and oxygen atoms in total. The van der Waals surface area contributed by atoms with E-state index < -0.39 is 0 Å². The summed E-state index contributed by atoms with van der Waals surface area (Å²) in [5.74, 6) is 0.171. The maximum Gasteiger partial charge on any atom is 0.168 e. The van der Waals surface area contributed by atoms with Gasteiger partial charge < -0.3 is 0 Å². The van der Waals surface area contributed by atoms with E-state index in [4.69, 9.17) is 11.6 Å². The van der Waals surface area contributed by atoms with Crippen molar-refractivity contribution in [2.75, 3.05) is 0 Å². The number of halogens is 2. The monoisotopic (exact) mass is 334 g/mol. The highest BCUT2D eigenvalue weighted by molar-refractivity contribution is 9.10. The van der Waals surface area contributed by atoms with Crippen molar-refractivity contribution in [2.24, 2.45) is 5.92 Å². The molecule has 3 heteroatoms. The number of carbonyl (C=O) groups excluding carboxylic acids is 1. The van der Waals surface area contributed by atoms with Gasteiger partial charge in [-0.2, -0.15) is 0 Å². The Morgan fingerprint density at radius 1 is 1.11 bits per heavy atom. The van der Waals surface area contributed by atoms with Crippen molar-refractivity contribution in [1.29, 1.82) is 0 Å². The molecular weight excluding hydrogens is 324 g/mol. The summed E-state index contributed by atoms with van der Waals surface area (Å²) in [6.45, 7) is 0. The summed E-state index contributed by atoms with van der Waals surface area (Å²) in [7, 11) is 0. The van der Waals surface area contributed by atoms with Gasteiger partial charge in [0.15, 0.2) is 5.78 Å². The highest BCUT2D eigenvalue weighted by Gasteiger charge is 2.28. The first-order valence-electron chi connectivity index (χ1n) is 6.21. The molecule has 0 bridgehead atoms. The maximum absolute atomic E-state index is 12.5. The SMILES string of the molecule is O=C(c1ccc(Br)cc1Cl)C1Cc2ccccc2C1. The van der Waals surface area contributed by atoms with Crippen LogP contribution in [-0.4, -0.2) is 5.78 Å². The fourth-order valence-corrected chi connectivity index (χ4v) is 3.42. The van der Waals surface area contributed by atoms with Crippen LogP contribution in [0.5, 0.6) is 0 Å². The molecule has 0 aromatic heterocycles. The number of Topliss-reactive ketones (excluding diaryl/α,β-unsaturated/α-hetero) is 1. The highest BCUT2D eigenvalue weighted by atomic mass is 79.9. The lowest BCUT2D eigenvalue weighted by atomic mass is 9.95. The quantitative estimate of drug-likeness (QED) is 0.727. The Kier molecular flexibility index (Phi) is 3.46. The summed E-state index contributed by atoms with van der Waals surface area (Å²) in [5, 5.41) is 0.523. The lowest BCUT2D eigenvalue weighted by Gasteiger charge is -2.09. The first-order chi connectivity index (χ1) is 9.15. The molecule has 0 amide bonds. The van der Waals surface area contributed by atoms with Crippen molar-refractivity contribution in [1.82, 2.24) is 0 Å². The summed E-state index contributed by atoms with van der Waals surface area (Å²) >= 11 is 9.52. The fraction of sp³-hybridized carbons (Fsp3) is 0.188. The zero-order chi connectivity index (χ0) is 13.4. The number of rotatable bonds is 2. The third-order valence-corrected chi connectivity index (χ3v) is 4.42. The van der Waals surface area contributed by atoms with Gasteiger partial charge >= 0.3 is 0 Å². The molecule has 2 aromatic rings. The second-order valence-corrected chi connectivity index (χ2v) is 6.19. The predicted octanol–water partition coefficient (Wildman–Crippen LogP) is 4.70. The Hall–Kier alpha value is -1.12. The lowest BCUT2D eigenvalue weighted by Crippen LogP contribution is -2.15.